The molecule has 2 bridgehead atoms. The predicted octanol–water partition coefficient (Wildman–Crippen LogP) is 4.40. The fraction of sp³-hybridized carbons (Fsp3) is 0.714. The molecular formula is C21H33NO2. The van der Waals surface area contributed by atoms with Crippen LogP contribution in [-0.4, -0.2) is 37.5 Å². The fourth-order valence-corrected chi connectivity index (χ4v) is 5.31. The maximum absolute atomic E-state index is 12.0. The molecular weight excluding hydrogens is 298 g/mol. The third kappa shape index (κ3) is 2.81. The SMILES string of the molecule is CC1(C)C2CCC1(C)C(Cc1ccccc1)(OCC[N+](C)(C)[O-])C2. The minimum Gasteiger partial charge on any atom is -0.633 e. The standard InChI is InChI=1S/C21H33NO2/c1-19(2)18-11-12-20(19,3)21(16-18,24-14-13-22(4,5)23)15-17-9-7-6-8-10-17/h6-10,18H,11-16H2,1-5H3. The van der Waals surface area contributed by atoms with E-state index in [1.807, 2.05) is 0 Å². The van der Waals surface area contributed by atoms with Crippen molar-refractivity contribution in [2.24, 2.45) is 16.7 Å². The van der Waals surface area contributed by atoms with Gasteiger partial charge in [0, 0.05) is 11.8 Å². The van der Waals surface area contributed by atoms with Crippen LogP contribution >= 0.6 is 0 Å². The molecule has 2 saturated carbocycles. The lowest BCUT2D eigenvalue weighted by Gasteiger charge is -2.49. The Hall–Kier alpha value is -0.900. The van der Waals surface area contributed by atoms with E-state index in [1.165, 1.54) is 18.4 Å². The number of hydroxylamine groups is 3. The molecule has 1 aromatic rings. The highest BCUT2D eigenvalue weighted by Gasteiger charge is 2.69. The molecule has 1 aromatic carbocycles. The Balaban J connectivity index is 1.88. The molecule has 0 aromatic heterocycles. The van der Waals surface area contributed by atoms with Crippen molar-refractivity contribution in [3.8, 4) is 0 Å². The maximum atomic E-state index is 12.0. The molecule has 2 aliphatic carbocycles. The van der Waals surface area contributed by atoms with Crippen molar-refractivity contribution in [1.29, 1.82) is 0 Å². The van der Waals surface area contributed by atoms with Gasteiger partial charge in [-0.05, 0) is 36.2 Å². The van der Waals surface area contributed by atoms with Crippen LogP contribution in [0.25, 0.3) is 0 Å². The zero-order valence-electron chi connectivity index (χ0n) is 16.0. The maximum Gasteiger partial charge on any atom is 0.102 e. The Labute approximate surface area is 147 Å². The first-order valence-electron chi connectivity index (χ1n) is 9.32. The van der Waals surface area contributed by atoms with E-state index in [9.17, 15) is 5.21 Å². The molecule has 3 heteroatoms. The largest absolute Gasteiger partial charge is 0.633 e. The molecule has 0 N–H and O–H groups in total. The molecule has 3 unspecified atom stereocenters. The van der Waals surface area contributed by atoms with Gasteiger partial charge in [0.1, 0.15) is 6.54 Å². The number of ether oxygens (including phenoxy) is 1. The zero-order valence-corrected chi connectivity index (χ0v) is 16.0. The van der Waals surface area contributed by atoms with E-state index in [2.05, 4.69) is 51.1 Å². The van der Waals surface area contributed by atoms with Crippen LogP contribution in [0.1, 0.15) is 45.6 Å². The van der Waals surface area contributed by atoms with E-state index < -0.39 is 0 Å². The quantitative estimate of drug-likeness (QED) is 0.571. The second kappa shape index (κ2) is 5.82. The molecule has 2 fully saturated rings. The molecule has 0 saturated heterocycles. The van der Waals surface area contributed by atoms with Gasteiger partial charge < -0.3 is 14.6 Å². The number of quaternary nitrogens is 1. The minimum absolute atomic E-state index is 0.143. The van der Waals surface area contributed by atoms with Gasteiger partial charge in [-0.3, -0.25) is 0 Å². The summed E-state index contributed by atoms with van der Waals surface area (Å²) in [6.07, 6.45) is 4.62. The first kappa shape index (κ1) is 17.9. The van der Waals surface area contributed by atoms with Crippen LogP contribution in [-0.2, 0) is 11.2 Å². The molecule has 24 heavy (non-hydrogen) atoms. The molecule has 3 atom stereocenters. The summed E-state index contributed by atoms with van der Waals surface area (Å²) in [4.78, 5) is 0. The van der Waals surface area contributed by atoms with Gasteiger partial charge in [0.2, 0.25) is 0 Å². The summed E-state index contributed by atoms with van der Waals surface area (Å²) < 4.78 is 6.34. The van der Waals surface area contributed by atoms with Crippen LogP contribution < -0.4 is 0 Å². The summed E-state index contributed by atoms with van der Waals surface area (Å²) in [5, 5.41) is 12.0. The first-order chi connectivity index (χ1) is 11.1. The van der Waals surface area contributed by atoms with E-state index >= 15 is 0 Å². The molecule has 2 aliphatic rings. The van der Waals surface area contributed by atoms with Gasteiger partial charge >= 0.3 is 0 Å². The van der Waals surface area contributed by atoms with Crippen molar-refractivity contribution in [2.45, 2.75) is 52.1 Å². The van der Waals surface area contributed by atoms with Crippen LogP contribution in [0.4, 0.5) is 0 Å². The van der Waals surface area contributed by atoms with Gasteiger partial charge in [0.15, 0.2) is 0 Å². The van der Waals surface area contributed by atoms with E-state index in [4.69, 9.17) is 4.74 Å². The van der Waals surface area contributed by atoms with Crippen LogP contribution in [0, 0.1) is 22.0 Å². The molecule has 0 spiro atoms. The van der Waals surface area contributed by atoms with Gasteiger partial charge in [0.25, 0.3) is 0 Å². The van der Waals surface area contributed by atoms with Crippen molar-refractivity contribution in [2.75, 3.05) is 27.2 Å². The average molecular weight is 332 g/mol. The van der Waals surface area contributed by atoms with Gasteiger partial charge in [0.05, 0.1) is 26.3 Å². The first-order valence-corrected chi connectivity index (χ1v) is 9.32. The summed E-state index contributed by atoms with van der Waals surface area (Å²) in [6.45, 7) is 8.34. The highest BCUT2D eigenvalue weighted by molar-refractivity contribution is 5.25. The normalized spacial score (nSPS) is 34.7. The number of fused-ring (bicyclic) bond motifs is 2. The fourth-order valence-electron chi connectivity index (χ4n) is 5.31. The lowest BCUT2D eigenvalue weighted by atomic mass is 9.62. The van der Waals surface area contributed by atoms with Gasteiger partial charge in [-0.25, -0.2) is 0 Å². The van der Waals surface area contributed by atoms with Crippen molar-refractivity contribution < 1.29 is 9.38 Å². The molecule has 0 radical (unpaired) electrons. The highest BCUT2D eigenvalue weighted by atomic mass is 16.6. The summed E-state index contributed by atoms with van der Waals surface area (Å²) in [7, 11) is 3.39. The predicted molar refractivity (Wildman–Crippen MR) is 98.4 cm³/mol. The molecule has 3 nitrogen and oxygen atoms in total. The van der Waals surface area contributed by atoms with Crippen LogP contribution in [0.5, 0.6) is 0 Å². The lowest BCUT2D eigenvalue weighted by Crippen LogP contribution is -2.52. The highest BCUT2D eigenvalue weighted by Crippen LogP contribution is 2.71. The van der Waals surface area contributed by atoms with Gasteiger partial charge in [-0.15, -0.1) is 0 Å². The average Bonchev–Trinajstić information content (AvgIpc) is 2.79. The zero-order chi connectivity index (χ0) is 17.6. The van der Waals surface area contributed by atoms with Gasteiger partial charge in [-0.1, -0.05) is 51.1 Å². The smallest absolute Gasteiger partial charge is 0.102 e. The van der Waals surface area contributed by atoms with E-state index in [-0.39, 0.29) is 15.7 Å². The Morgan fingerprint density at radius 1 is 1.17 bits per heavy atom. The van der Waals surface area contributed by atoms with Crippen LogP contribution in [0.15, 0.2) is 30.3 Å². The Bertz CT molecular complexity index is 577. The number of rotatable bonds is 6. The summed E-state index contributed by atoms with van der Waals surface area (Å²) in [5.74, 6) is 0.723. The Morgan fingerprint density at radius 3 is 2.33 bits per heavy atom. The van der Waals surface area contributed by atoms with Crippen LogP contribution in [0.3, 0.4) is 0 Å². The summed E-state index contributed by atoms with van der Waals surface area (Å²) >= 11 is 0. The van der Waals surface area contributed by atoms with E-state index in [1.54, 1.807) is 14.1 Å². The molecule has 0 heterocycles. The third-order valence-corrected chi connectivity index (χ3v) is 7.36. The van der Waals surface area contributed by atoms with Crippen molar-refractivity contribution in [3.05, 3.63) is 41.1 Å². The Morgan fingerprint density at radius 2 is 1.83 bits per heavy atom. The number of likely N-dealkylation sites (N-methyl/N-ethyl adjacent to an activating group) is 1. The molecule has 134 valence electrons. The molecule has 0 aliphatic heterocycles. The van der Waals surface area contributed by atoms with Gasteiger partial charge in [-0.2, -0.15) is 0 Å². The third-order valence-electron chi connectivity index (χ3n) is 7.36. The van der Waals surface area contributed by atoms with Crippen molar-refractivity contribution >= 4 is 0 Å². The topological polar surface area (TPSA) is 32.3 Å². The molecule has 0 amide bonds. The van der Waals surface area contributed by atoms with E-state index in [0.717, 1.165) is 18.8 Å². The minimum atomic E-state index is -0.287. The van der Waals surface area contributed by atoms with Crippen LogP contribution in [0.2, 0.25) is 0 Å². The van der Waals surface area contributed by atoms with E-state index in [0.29, 0.717) is 18.6 Å². The van der Waals surface area contributed by atoms with Crippen molar-refractivity contribution in [3.63, 3.8) is 0 Å². The molecule has 3 rings (SSSR count). The van der Waals surface area contributed by atoms with Crippen molar-refractivity contribution in [1.82, 2.24) is 0 Å². The lowest BCUT2D eigenvalue weighted by molar-refractivity contribution is -0.840. The number of hydrogen-bond acceptors (Lipinski definition) is 2. The summed E-state index contributed by atoms with van der Waals surface area (Å²) in [5.41, 5.74) is 1.66. The summed E-state index contributed by atoms with van der Waals surface area (Å²) in [6, 6.07) is 10.7. The number of nitrogens with zero attached hydrogens (tertiary/aromatic N) is 1. The Kier molecular flexibility index (Phi) is 4.35. The second-order valence-electron chi connectivity index (χ2n) is 9.30. The second-order valence-corrected chi connectivity index (χ2v) is 9.30. The number of hydrogen-bond donors (Lipinski definition) is 0. The number of benzene rings is 1. The monoisotopic (exact) mass is 331 g/mol.